The fraction of sp³-hybridized carbons (Fsp3) is 0.500. The monoisotopic (exact) mass is 514 g/mol. The van der Waals surface area contributed by atoms with Gasteiger partial charge in [0.25, 0.3) is 5.91 Å². The van der Waals surface area contributed by atoms with Crippen molar-refractivity contribution in [2.45, 2.75) is 64.1 Å². The topological polar surface area (TPSA) is 95.2 Å². The molecule has 2 aliphatic heterocycles. The Morgan fingerprint density at radius 3 is 2.68 bits per heavy atom. The van der Waals surface area contributed by atoms with E-state index in [1.807, 2.05) is 36.8 Å². The van der Waals surface area contributed by atoms with E-state index >= 15 is 0 Å². The number of hydrogen-bond acceptors (Lipinski definition) is 6. The summed E-state index contributed by atoms with van der Waals surface area (Å²) >= 11 is 0. The number of nitrogens with one attached hydrogen (secondary N) is 3. The van der Waals surface area contributed by atoms with Crippen LogP contribution in [-0.4, -0.2) is 65.5 Å². The number of rotatable bonds is 7. The number of aryl methyl sites for hydroxylation is 1. The maximum absolute atomic E-state index is 12.8. The quantitative estimate of drug-likeness (QED) is 0.435. The zero-order valence-electron chi connectivity index (χ0n) is 22.4. The molecule has 8 nitrogen and oxygen atoms in total. The molecule has 1 saturated carbocycles. The summed E-state index contributed by atoms with van der Waals surface area (Å²) in [4.78, 5) is 20.1. The standard InChI is InChI=1S/C30H38N6O2/c1-19-3-4-21(30(37)34-23-5-6-23)14-26(19)27-17-33-35-29(27)22-13-25(16-32-15-22)36(24-7-10-31-11-8-24)28-9-12-38-18-20(28)2/h3-4,13-17,20,23-24,28,31H,5-12,18H2,1-2H3,(H,33,35)(H,34,37). The lowest BCUT2D eigenvalue weighted by molar-refractivity contribution is 0.0438. The van der Waals surface area contributed by atoms with E-state index in [1.54, 1.807) is 0 Å². The molecule has 3 fully saturated rings. The number of carbonyl (C=O) groups is 1. The van der Waals surface area contributed by atoms with Gasteiger partial charge in [-0.1, -0.05) is 13.0 Å². The molecule has 2 aromatic heterocycles. The van der Waals surface area contributed by atoms with Crippen LogP contribution in [0.15, 0.2) is 42.9 Å². The number of aromatic nitrogens is 3. The summed E-state index contributed by atoms with van der Waals surface area (Å²) in [6.45, 7) is 8.07. The molecule has 2 saturated heterocycles. The van der Waals surface area contributed by atoms with E-state index in [9.17, 15) is 4.79 Å². The largest absolute Gasteiger partial charge is 0.381 e. The summed E-state index contributed by atoms with van der Waals surface area (Å²) in [5.74, 6) is 0.447. The average Bonchev–Trinajstić information content (AvgIpc) is 3.62. The summed E-state index contributed by atoms with van der Waals surface area (Å²) in [6, 6.07) is 9.40. The smallest absolute Gasteiger partial charge is 0.251 e. The lowest BCUT2D eigenvalue weighted by Gasteiger charge is -2.45. The van der Waals surface area contributed by atoms with Crippen LogP contribution in [0.2, 0.25) is 0 Å². The fourth-order valence-electron chi connectivity index (χ4n) is 6.01. The van der Waals surface area contributed by atoms with Gasteiger partial charge in [0.2, 0.25) is 0 Å². The molecule has 8 heteroatoms. The lowest BCUT2D eigenvalue weighted by Crippen LogP contribution is -2.53. The highest BCUT2D eigenvalue weighted by molar-refractivity contribution is 5.97. The van der Waals surface area contributed by atoms with Gasteiger partial charge in [-0.05, 0) is 87.4 Å². The predicted octanol–water partition coefficient (Wildman–Crippen LogP) is 4.32. The Kier molecular flexibility index (Phi) is 7.17. The maximum Gasteiger partial charge on any atom is 0.251 e. The summed E-state index contributed by atoms with van der Waals surface area (Å²) in [6.07, 6.45) is 11.2. The van der Waals surface area contributed by atoms with Gasteiger partial charge in [-0.2, -0.15) is 5.10 Å². The fourth-order valence-corrected chi connectivity index (χ4v) is 6.01. The number of benzene rings is 1. The Morgan fingerprint density at radius 2 is 1.89 bits per heavy atom. The zero-order chi connectivity index (χ0) is 26.1. The number of carbonyl (C=O) groups excluding carboxylic acids is 1. The molecule has 1 aromatic carbocycles. The van der Waals surface area contributed by atoms with Crippen molar-refractivity contribution in [3.63, 3.8) is 0 Å². The van der Waals surface area contributed by atoms with E-state index in [0.29, 0.717) is 29.6 Å². The van der Waals surface area contributed by atoms with Crippen LogP contribution in [0.25, 0.3) is 22.4 Å². The van der Waals surface area contributed by atoms with Gasteiger partial charge in [-0.3, -0.25) is 14.9 Å². The Hall–Kier alpha value is -3.23. The molecule has 2 unspecified atom stereocenters. The highest BCUT2D eigenvalue weighted by atomic mass is 16.5. The number of pyridine rings is 1. The minimum absolute atomic E-state index is 0.00865. The minimum atomic E-state index is -0.00865. The van der Waals surface area contributed by atoms with Gasteiger partial charge in [0.1, 0.15) is 0 Å². The van der Waals surface area contributed by atoms with Crippen LogP contribution >= 0.6 is 0 Å². The first kappa shape index (κ1) is 25.1. The average molecular weight is 515 g/mol. The zero-order valence-corrected chi connectivity index (χ0v) is 22.4. The molecule has 0 bridgehead atoms. The maximum atomic E-state index is 12.8. The first-order valence-electron chi connectivity index (χ1n) is 14.1. The Labute approximate surface area is 224 Å². The summed E-state index contributed by atoms with van der Waals surface area (Å²) in [7, 11) is 0. The predicted molar refractivity (Wildman–Crippen MR) is 149 cm³/mol. The van der Waals surface area contributed by atoms with Crippen molar-refractivity contribution in [1.29, 1.82) is 0 Å². The number of piperidine rings is 1. The highest BCUT2D eigenvalue weighted by Gasteiger charge is 2.34. The normalized spacial score (nSPS) is 22.3. The van der Waals surface area contributed by atoms with Crippen molar-refractivity contribution in [2.75, 3.05) is 31.2 Å². The first-order valence-corrected chi connectivity index (χ1v) is 14.1. The van der Waals surface area contributed by atoms with E-state index in [4.69, 9.17) is 9.72 Å². The van der Waals surface area contributed by atoms with Gasteiger partial charge in [-0.25, -0.2) is 0 Å². The molecule has 3 aliphatic rings. The van der Waals surface area contributed by atoms with Crippen molar-refractivity contribution >= 4 is 11.6 Å². The second-order valence-corrected chi connectivity index (χ2v) is 11.2. The van der Waals surface area contributed by atoms with Gasteiger partial charge in [0.05, 0.1) is 30.4 Å². The van der Waals surface area contributed by atoms with Crippen LogP contribution in [0.1, 0.15) is 54.9 Å². The molecule has 0 radical (unpaired) electrons. The molecule has 0 spiro atoms. The molecule has 3 aromatic rings. The first-order chi connectivity index (χ1) is 18.6. The molecular weight excluding hydrogens is 476 g/mol. The molecule has 1 aliphatic carbocycles. The van der Waals surface area contributed by atoms with Crippen LogP contribution < -0.4 is 15.5 Å². The second-order valence-electron chi connectivity index (χ2n) is 11.2. The van der Waals surface area contributed by atoms with E-state index in [1.165, 1.54) is 0 Å². The van der Waals surface area contributed by atoms with Crippen LogP contribution in [-0.2, 0) is 4.74 Å². The van der Waals surface area contributed by atoms with Crippen LogP contribution in [0, 0.1) is 12.8 Å². The Balaban J connectivity index is 1.35. The Morgan fingerprint density at radius 1 is 1.05 bits per heavy atom. The number of aromatic amines is 1. The Bertz CT molecular complexity index is 1280. The second kappa shape index (κ2) is 10.9. The number of H-pyrrole nitrogens is 1. The highest BCUT2D eigenvalue weighted by Crippen LogP contribution is 2.36. The molecule has 200 valence electrons. The van der Waals surface area contributed by atoms with Gasteiger partial charge >= 0.3 is 0 Å². The molecule has 38 heavy (non-hydrogen) atoms. The van der Waals surface area contributed by atoms with E-state index in [-0.39, 0.29) is 5.91 Å². The number of amides is 1. The van der Waals surface area contributed by atoms with E-state index in [2.05, 4.69) is 45.6 Å². The SMILES string of the molecule is Cc1ccc(C(=O)NC2CC2)cc1-c1cn[nH]c1-c1cncc(N(C2CCNCC2)C2CCOCC2C)c1. The lowest BCUT2D eigenvalue weighted by atomic mass is 9.91. The third kappa shape index (κ3) is 5.20. The number of nitrogens with zero attached hydrogens (tertiary/aromatic N) is 3. The van der Waals surface area contributed by atoms with Crippen molar-refractivity contribution in [1.82, 2.24) is 25.8 Å². The third-order valence-corrected chi connectivity index (χ3v) is 8.31. The van der Waals surface area contributed by atoms with E-state index < -0.39 is 0 Å². The molecule has 3 N–H and O–H groups in total. The number of anilines is 1. The summed E-state index contributed by atoms with van der Waals surface area (Å²) < 4.78 is 5.80. The minimum Gasteiger partial charge on any atom is -0.381 e. The van der Waals surface area contributed by atoms with Gasteiger partial charge in [0, 0.05) is 47.6 Å². The molecule has 2 atom stereocenters. The van der Waals surface area contributed by atoms with Crippen LogP contribution in [0.5, 0.6) is 0 Å². The van der Waals surface area contributed by atoms with Crippen molar-refractivity contribution < 1.29 is 9.53 Å². The summed E-state index contributed by atoms with van der Waals surface area (Å²) in [5, 5.41) is 14.3. The van der Waals surface area contributed by atoms with Crippen molar-refractivity contribution in [3.8, 4) is 22.4 Å². The van der Waals surface area contributed by atoms with Gasteiger partial charge in [0.15, 0.2) is 0 Å². The third-order valence-electron chi connectivity index (χ3n) is 8.31. The van der Waals surface area contributed by atoms with Gasteiger partial charge in [-0.15, -0.1) is 0 Å². The van der Waals surface area contributed by atoms with Crippen LogP contribution in [0.3, 0.4) is 0 Å². The molecule has 1 amide bonds. The summed E-state index contributed by atoms with van der Waals surface area (Å²) in [5.41, 5.74) is 6.86. The molecule has 6 rings (SSSR count). The molecule has 4 heterocycles. The number of ether oxygens (including phenoxy) is 1. The van der Waals surface area contributed by atoms with Crippen LogP contribution in [0.4, 0.5) is 5.69 Å². The molecular formula is C30H38N6O2. The van der Waals surface area contributed by atoms with Crippen molar-refractivity contribution in [2.24, 2.45) is 5.92 Å². The van der Waals surface area contributed by atoms with E-state index in [0.717, 1.165) is 92.0 Å². The van der Waals surface area contributed by atoms with Crippen molar-refractivity contribution in [3.05, 3.63) is 54.0 Å². The number of hydrogen-bond donors (Lipinski definition) is 3. The van der Waals surface area contributed by atoms with Gasteiger partial charge < -0.3 is 20.3 Å².